The van der Waals surface area contributed by atoms with E-state index < -0.39 is 0 Å². The molecule has 1 aromatic heterocycles. The predicted octanol–water partition coefficient (Wildman–Crippen LogP) is 4.09. The molecule has 0 saturated carbocycles. The molecule has 1 amide bonds. The Morgan fingerprint density at radius 3 is 2.83 bits per heavy atom. The Bertz CT molecular complexity index is 1010. The van der Waals surface area contributed by atoms with E-state index in [2.05, 4.69) is 47.7 Å². The zero-order valence-corrected chi connectivity index (χ0v) is 17.3. The zero-order chi connectivity index (χ0) is 20.4. The molecule has 5 nitrogen and oxygen atoms in total. The maximum absolute atomic E-state index is 13.1. The van der Waals surface area contributed by atoms with Gasteiger partial charge < -0.3 is 15.0 Å². The first kappa shape index (κ1) is 19.5. The van der Waals surface area contributed by atoms with Crippen molar-refractivity contribution in [2.75, 3.05) is 7.11 Å². The summed E-state index contributed by atoms with van der Waals surface area (Å²) in [5.74, 6) is 1.34. The molecule has 5 heteroatoms. The topological polar surface area (TPSA) is 66.1 Å². The Morgan fingerprint density at radius 1 is 1.21 bits per heavy atom. The molecule has 1 aliphatic heterocycles. The summed E-state index contributed by atoms with van der Waals surface area (Å²) in [4.78, 5) is 16.5. The van der Waals surface area contributed by atoms with E-state index in [1.165, 1.54) is 16.5 Å². The highest BCUT2D eigenvalue weighted by Crippen LogP contribution is 2.34. The number of benzene rings is 2. The highest BCUT2D eigenvalue weighted by atomic mass is 16.5. The molecule has 3 aromatic rings. The molecule has 2 heterocycles. The number of aromatic nitrogens is 1. The van der Waals surface area contributed by atoms with Gasteiger partial charge in [-0.3, -0.25) is 10.1 Å². The van der Waals surface area contributed by atoms with Crippen molar-refractivity contribution in [2.24, 2.45) is 5.92 Å². The smallest absolute Gasteiger partial charge is 0.237 e. The first-order chi connectivity index (χ1) is 14.1. The van der Waals surface area contributed by atoms with Crippen molar-refractivity contribution >= 4 is 16.8 Å². The number of carbonyl (C=O) groups excluding carboxylic acids is 1. The number of amides is 1. The molecule has 0 aliphatic carbocycles. The normalized spacial score (nSPS) is 18.6. The van der Waals surface area contributed by atoms with Crippen molar-refractivity contribution in [2.45, 2.75) is 45.3 Å². The number of methoxy groups -OCH3 is 1. The minimum Gasteiger partial charge on any atom is -0.496 e. The van der Waals surface area contributed by atoms with Gasteiger partial charge in [-0.05, 0) is 42.0 Å². The second kappa shape index (κ2) is 8.29. The van der Waals surface area contributed by atoms with Crippen molar-refractivity contribution < 1.29 is 9.53 Å². The first-order valence-electron chi connectivity index (χ1n) is 10.3. The van der Waals surface area contributed by atoms with Crippen LogP contribution < -0.4 is 15.4 Å². The Kier molecular flexibility index (Phi) is 5.58. The molecule has 0 bridgehead atoms. The predicted molar refractivity (Wildman–Crippen MR) is 116 cm³/mol. The van der Waals surface area contributed by atoms with Crippen LogP contribution in [0.5, 0.6) is 5.75 Å². The van der Waals surface area contributed by atoms with Gasteiger partial charge >= 0.3 is 0 Å². The van der Waals surface area contributed by atoms with Gasteiger partial charge in [0.25, 0.3) is 0 Å². The van der Waals surface area contributed by atoms with Crippen LogP contribution in [0.2, 0.25) is 0 Å². The lowest BCUT2D eigenvalue weighted by molar-refractivity contribution is -0.123. The molecule has 0 spiro atoms. The summed E-state index contributed by atoms with van der Waals surface area (Å²) < 4.78 is 5.40. The second-order valence-corrected chi connectivity index (χ2v) is 8.22. The standard InChI is InChI=1S/C24H29N3O2/c1-15(2)11-20-18-8-6-9-19-23(18)17(14-25-19)12-21(27-20)24(28)26-13-16-7-4-5-10-22(16)29-3/h4-10,14-15,20-21,25,27H,11-13H2,1-3H3,(H,26,28)/t20-,21-/m0/s1. The number of para-hydroxylation sites is 1. The summed E-state index contributed by atoms with van der Waals surface area (Å²) in [6, 6.07) is 14.0. The third-order valence-electron chi connectivity index (χ3n) is 5.69. The van der Waals surface area contributed by atoms with Crippen molar-refractivity contribution in [1.82, 2.24) is 15.6 Å². The molecule has 2 atom stereocenters. The zero-order valence-electron chi connectivity index (χ0n) is 17.3. The van der Waals surface area contributed by atoms with E-state index in [1.807, 2.05) is 30.5 Å². The number of aromatic amines is 1. The van der Waals surface area contributed by atoms with Crippen molar-refractivity contribution in [3.05, 3.63) is 65.4 Å². The Balaban J connectivity index is 1.57. The van der Waals surface area contributed by atoms with Crippen molar-refractivity contribution in [3.63, 3.8) is 0 Å². The van der Waals surface area contributed by atoms with Gasteiger partial charge in [0, 0.05) is 35.2 Å². The van der Waals surface area contributed by atoms with Crippen LogP contribution in [0.4, 0.5) is 0 Å². The van der Waals surface area contributed by atoms with E-state index in [0.29, 0.717) is 18.9 Å². The van der Waals surface area contributed by atoms with Crippen LogP contribution >= 0.6 is 0 Å². The summed E-state index contributed by atoms with van der Waals surface area (Å²) in [5, 5.41) is 8.02. The largest absolute Gasteiger partial charge is 0.496 e. The van der Waals surface area contributed by atoms with Gasteiger partial charge in [-0.2, -0.15) is 0 Å². The van der Waals surface area contributed by atoms with E-state index in [1.54, 1.807) is 7.11 Å². The van der Waals surface area contributed by atoms with E-state index in [9.17, 15) is 4.79 Å². The average molecular weight is 392 g/mol. The molecule has 0 radical (unpaired) electrons. The highest BCUT2D eigenvalue weighted by molar-refractivity contribution is 5.90. The summed E-state index contributed by atoms with van der Waals surface area (Å²) in [7, 11) is 1.65. The average Bonchev–Trinajstić information content (AvgIpc) is 3.06. The van der Waals surface area contributed by atoms with E-state index in [4.69, 9.17) is 4.74 Å². The lowest BCUT2D eigenvalue weighted by Crippen LogP contribution is -2.46. The van der Waals surface area contributed by atoms with Gasteiger partial charge in [0.15, 0.2) is 0 Å². The third-order valence-corrected chi connectivity index (χ3v) is 5.69. The van der Waals surface area contributed by atoms with Gasteiger partial charge in [-0.25, -0.2) is 0 Å². The molecular weight excluding hydrogens is 362 g/mol. The maximum atomic E-state index is 13.1. The van der Waals surface area contributed by atoms with Gasteiger partial charge in [0.1, 0.15) is 5.75 Å². The van der Waals surface area contributed by atoms with Crippen LogP contribution in [-0.4, -0.2) is 24.0 Å². The first-order valence-corrected chi connectivity index (χ1v) is 10.3. The quantitative estimate of drug-likeness (QED) is 0.593. The lowest BCUT2D eigenvalue weighted by Gasteiger charge is -2.25. The van der Waals surface area contributed by atoms with Gasteiger partial charge in [-0.1, -0.05) is 44.2 Å². The number of rotatable bonds is 6. The number of hydrogen-bond donors (Lipinski definition) is 3. The second-order valence-electron chi connectivity index (χ2n) is 8.22. The highest BCUT2D eigenvalue weighted by Gasteiger charge is 2.30. The van der Waals surface area contributed by atoms with Gasteiger partial charge in [0.2, 0.25) is 5.91 Å². The maximum Gasteiger partial charge on any atom is 0.237 e. The molecule has 152 valence electrons. The molecule has 0 unspecified atom stereocenters. The fraction of sp³-hybridized carbons (Fsp3) is 0.375. The fourth-order valence-corrected chi connectivity index (χ4v) is 4.34. The molecular formula is C24H29N3O2. The van der Waals surface area contributed by atoms with E-state index in [-0.39, 0.29) is 18.0 Å². The molecule has 3 N–H and O–H groups in total. The summed E-state index contributed by atoms with van der Waals surface area (Å²) >= 11 is 0. The van der Waals surface area contributed by atoms with Gasteiger partial charge in [0.05, 0.1) is 13.2 Å². The van der Waals surface area contributed by atoms with Crippen LogP contribution in [0.15, 0.2) is 48.7 Å². The number of ether oxygens (including phenoxy) is 1. The molecule has 4 rings (SSSR count). The third kappa shape index (κ3) is 4.01. The van der Waals surface area contributed by atoms with Crippen LogP contribution in [0, 0.1) is 5.92 Å². The molecule has 1 aliphatic rings. The van der Waals surface area contributed by atoms with Crippen LogP contribution in [0.1, 0.15) is 43.0 Å². The summed E-state index contributed by atoms with van der Waals surface area (Å²) in [5.41, 5.74) is 4.60. The lowest BCUT2D eigenvalue weighted by atomic mass is 9.94. The summed E-state index contributed by atoms with van der Waals surface area (Å²) in [6.45, 7) is 4.90. The molecule has 0 fully saturated rings. The van der Waals surface area contributed by atoms with Gasteiger partial charge in [-0.15, -0.1) is 0 Å². The van der Waals surface area contributed by atoms with Crippen LogP contribution in [0.25, 0.3) is 10.9 Å². The van der Waals surface area contributed by atoms with E-state index in [0.717, 1.165) is 23.3 Å². The van der Waals surface area contributed by atoms with Crippen LogP contribution in [-0.2, 0) is 17.8 Å². The van der Waals surface area contributed by atoms with Crippen molar-refractivity contribution in [1.29, 1.82) is 0 Å². The fourth-order valence-electron chi connectivity index (χ4n) is 4.34. The minimum atomic E-state index is -0.278. The number of H-pyrrole nitrogens is 1. The molecule has 2 aromatic carbocycles. The van der Waals surface area contributed by atoms with Crippen molar-refractivity contribution in [3.8, 4) is 5.75 Å². The molecule has 0 saturated heterocycles. The minimum absolute atomic E-state index is 0.0202. The number of carbonyl (C=O) groups is 1. The molecule has 29 heavy (non-hydrogen) atoms. The van der Waals surface area contributed by atoms with Crippen LogP contribution in [0.3, 0.4) is 0 Å². The number of nitrogens with one attached hydrogen (secondary N) is 3. The summed E-state index contributed by atoms with van der Waals surface area (Å²) in [6.07, 6.45) is 3.71. The number of hydrogen-bond acceptors (Lipinski definition) is 3. The Morgan fingerprint density at radius 2 is 2.03 bits per heavy atom. The Hall–Kier alpha value is -2.79. The SMILES string of the molecule is COc1ccccc1CNC(=O)[C@@H]1Cc2c[nH]c3cccc(c23)[C@H](CC(C)C)N1. The Labute approximate surface area is 171 Å². The monoisotopic (exact) mass is 391 g/mol. The van der Waals surface area contributed by atoms with E-state index >= 15 is 0 Å².